The third-order valence-electron chi connectivity index (χ3n) is 2.65. The molecule has 0 fully saturated rings. The molecule has 0 radical (unpaired) electrons. The second-order valence-corrected chi connectivity index (χ2v) is 5.59. The van der Waals surface area contributed by atoms with E-state index in [1.54, 1.807) is 6.92 Å². The predicted molar refractivity (Wildman–Crippen MR) is 82.1 cm³/mol. The smallest absolute Gasteiger partial charge is 0.341 e. The first-order valence-electron chi connectivity index (χ1n) is 6.45. The lowest BCUT2D eigenvalue weighted by Crippen LogP contribution is -2.30. The van der Waals surface area contributed by atoms with Crippen LogP contribution in [0.1, 0.15) is 34.6 Å². The molecule has 0 aliphatic rings. The zero-order valence-corrected chi connectivity index (χ0v) is 13.4. The summed E-state index contributed by atoms with van der Waals surface area (Å²) < 4.78 is 5.06. The molecule has 2 N–H and O–H groups in total. The molecule has 7 heteroatoms. The zero-order valence-electron chi connectivity index (χ0n) is 11.8. The first kappa shape index (κ1) is 16.8. The van der Waals surface area contributed by atoms with E-state index in [9.17, 15) is 9.59 Å². The predicted octanol–water partition coefficient (Wildman–Crippen LogP) is 3.16. The van der Waals surface area contributed by atoms with Crippen LogP contribution in [0.2, 0.25) is 0 Å². The van der Waals surface area contributed by atoms with Gasteiger partial charge >= 0.3 is 12.0 Å². The monoisotopic (exact) mass is 318 g/mol. The molecule has 0 spiro atoms. The fraction of sp³-hybridized carbons (Fsp3) is 0.538. The molecular weight excluding hydrogens is 300 g/mol. The van der Waals surface area contributed by atoms with Gasteiger partial charge in [0.1, 0.15) is 5.00 Å². The lowest BCUT2D eigenvalue weighted by Gasteiger charge is -2.08. The number of carbonyl (C=O) groups excluding carboxylic acids is 2. The van der Waals surface area contributed by atoms with Crippen LogP contribution in [0.25, 0.3) is 0 Å². The topological polar surface area (TPSA) is 67.4 Å². The third-order valence-corrected chi connectivity index (χ3v) is 3.90. The SMILES string of the molecule is CCOC(=O)c1c(NC(=O)NCCCl)sc(C)c1CC. The average molecular weight is 319 g/mol. The van der Waals surface area contributed by atoms with Crippen molar-refractivity contribution in [2.75, 3.05) is 24.3 Å². The van der Waals surface area contributed by atoms with Gasteiger partial charge < -0.3 is 10.1 Å². The van der Waals surface area contributed by atoms with Gasteiger partial charge in [0, 0.05) is 17.3 Å². The summed E-state index contributed by atoms with van der Waals surface area (Å²) in [6, 6.07) is -0.375. The standard InChI is InChI=1S/C13H19ClN2O3S/c1-4-9-8(3)20-11(10(9)12(17)19-5-2)16-13(18)15-7-6-14/h4-7H2,1-3H3,(H2,15,16,18). The maximum atomic E-state index is 12.0. The normalized spacial score (nSPS) is 10.2. The Morgan fingerprint density at radius 1 is 1.35 bits per heavy atom. The second-order valence-electron chi connectivity index (χ2n) is 3.98. The zero-order chi connectivity index (χ0) is 15.1. The maximum absolute atomic E-state index is 12.0. The second kappa shape index (κ2) is 8.11. The number of esters is 1. The Hall–Kier alpha value is -1.27. The van der Waals surface area contributed by atoms with Crippen LogP contribution in [0.4, 0.5) is 9.80 Å². The van der Waals surface area contributed by atoms with Crippen molar-refractivity contribution >= 4 is 39.9 Å². The van der Waals surface area contributed by atoms with Crippen LogP contribution in [0.3, 0.4) is 0 Å². The molecule has 112 valence electrons. The van der Waals surface area contributed by atoms with Crippen molar-refractivity contribution in [3.05, 3.63) is 16.0 Å². The van der Waals surface area contributed by atoms with Crippen LogP contribution < -0.4 is 10.6 Å². The van der Waals surface area contributed by atoms with Crippen LogP contribution in [0, 0.1) is 6.92 Å². The minimum atomic E-state index is -0.402. The first-order chi connectivity index (χ1) is 9.54. The molecule has 2 amide bonds. The van der Waals surface area contributed by atoms with Crippen molar-refractivity contribution in [3.8, 4) is 0 Å². The number of hydrogen-bond acceptors (Lipinski definition) is 4. The van der Waals surface area contributed by atoms with Crippen LogP contribution >= 0.6 is 22.9 Å². The van der Waals surface area contributed by atoms with Crippen LogP contribution in [-0.4, -0.2) is 31.0 Å². The van der Waals surface area contributed by atoms with Crippen molar-refractivity contribution in [2.45, 2.75) is 27.2 Å². The summed E-state index contributed by atoms with van der Waals surface area (Å²) in [5, 5.41) is 5.81. The molecule has 1 aromatic rings. The fourth-order valence-electron chi connectivity index (χ4n) is 1.82. The summed E-state index contributed by atoms with van der Waals surface area (Å²) >= 11 is 6.89. The quantitative estimate of drug-likeness (QED) is 0.625. The Morgan fingerprint density at radius 2 is 2.05 bits per heavy atom. The van der Waals surface area contributed by atoms with Gasteiger partial charge in [0.05, 0.1) is 12.2 Å². The summed E-state index contributed by atoms with van der Waals surface area (Å²) in [7, 11) is 0. The van der Waals surface area contributed by atoms with Gasteiger partial charge in [-0.05, 0) is 25.8 Å². The van der Waals surface area contributed by atoms with Crippen LogP contribution in [-0.2, 0) is 11.2 Å². The summed E-state index contributed by atoms with van der Waals surface area (Å²) in [6.45, 7) is 6.31. The molecular formula is C13H19ClN2O3S. The van der Waals surface area contributed by atoms with E-state index in [4.69, 9.17) is 16.3 Å². The molecule has 0 bridgehead atoms. The highest BCUT2D eigenvalue weighted by Crippen LogP contribution is 2.33. The Bertz CT molecular complexity index is 488. The molecule has 0 atom stereocenters. The molecule has 1 aromatic heterocycles. The Kier molecular flexibility index (Phi) is 6.81. The number of halogens is 1. The molecule has 0 saturated heterocycles. The van der Waals surface area contributed by atoms with Gasteiger partial charge in [-0.3, -0.25) is 5.32 Å². The van der Waals surface area contributed by atoms with E-state index in [1.165, 1.54) is 11.3 Å². The van der Waals surface area contributed by atoms with Crippen molar-refractivity contribution in [3.63, 3.8) is 0 Å². The highest BCUT2D eigenvalue weighted by Gasteiger charge is 2.23. The molecule has 0 unspecified atom stereocenters. The van der Waals surface area contributed by atoms with Gasteiger partial charge in [-0.15, -0.1) is 22.9 Å². The molecule has 0 aliphatic carbocycles. The molecule has 20 heavy (non-hydrogen) atoms. The van der Waals surface area contributed by atoms with Gasteiger partial charge in [-0.25, -0.2) is 9.59 Å². The molecule has 0 saturated carbocycles. The molecule has 0 aliphatic heterocycles. The Labute approximate surface area is 127 Å². The van der Waals surface area contributed by atoms with Crippen molar-refractivity contribution in [2.24, 2.45) is 0 Å². The first-order valence-corrected chi connectivity index (χ1v) is 7.80. The van der Waals surface area contributed by atoms with Crippen molar-refractivity contribution in [1.82, 2.24) is 5.32 Å². The summed E-state index contributed by atoms with van der Waals surface area (Å²) in [4.78, 5) is 24.7. The number of rotatable bonds is 6. The summed E-state index contributed by atoms with van der Waals surface area (Å²) in [6.07, 6.45) is 0.710. The summed E-state index contributed by atoms with van der Waals surface area (Å²) in [5.74, 6) is -0.0664. The van der Waals surface area contributed by atoms with Gasteiger partial charge in [-0.1, -0.05) is 6.92 Å². The average Bonchev–Trinajstić information content (AvgIpc) is 2.72. The number of ether oxygens (including phenoxy) is 1. The number of nitrogens with one attached hydrogen (secondary N) is 2. The number of amides is 2. The van der Waals surface area contributed by atoms with Gasteiger partial charge in [0.15, 0.2) is 0 Å². The van der Waals surface area contributed by atoms with E-state index < -0.39 is 5.97 Å². The Morgan fingerprint density at radius 3 is 2.60 bits per heavy atom. The van der Waals surface area contributed by atoms with Gasteiger partial charge in [0.2, 0.25) is 0 Å². The van der Waals surface area contributed by atoms with Gasteiger partial charge in [0.25, 0.3) is 0 Å². The number of thiophene rings is 1. The highest BCUT2D eigenvalue weighted by molar-refractivity contribution is 7.16. The number of anilines is 1. The van der Waals surface area contributed by atoms with Crippen molar-refractivity contribution < 1.29 is 14.3 Å². The highest BCUT2D eigenvalue weighted by atomic mass is 35.5. The number of hydrogen-bond donors (Lipinski definition) is 2. The third kappa shape index (κ3) is 4.11. The van der Waals surface area contributed by atoms with Gasteiger partial charge in [-0.2, -0.15) is 0 Å². The van der Waals surface area contributed by atoms with E-state index in [2.05, 4.69) is 10.6 Å². The van der Waals surface area contributed by atoms with Crippen molar-refractivity contribution in [1.29, 1.82) is 0 Å². The maximum Gasteiger partial charge on any atom is 0.341 e. The lowest BCUT2D eigenvalue weighted by atomic mass is 10.1. The Balaban J connectivity index is 3.00. The molecule has 0 aromatic carbocycles. The van der Waals surface area contributed by atoms with E-state index in [1.807, 2.05) is 13.8 Å². The summed E-state index contributed by atoms with van der Waals surface area (Å²) in [5.41, 5.74) is 1.37. The van der Waals surface area contributed by atoms with E-state index >= 15 is 0 Å². The largest absolute Gasteiger partial charge is 0.462 e. The van der Waals surface area contributed by atoms with E-state index in [-0.39, 0.29) is 6.03 Å². The molecule has 5 nitrogen and oxygen atoms in total. The molecule has 1 rings (SSSR count). The lowest BCUT2D eigenvalue weighted by molar-refractivity contribution is 0.0527. The van der Waals surface area contributed by atoms with Crippen LogP contribution in [0.15, 0.2) is 0 Å². The number of urea groups is 1. The number of carbonyl (C=O) groups is 2. The molecule has 1 heterocycles. The van der Waals surface area contributed by atoms with Crippen LogP contribution in [0.5, 0.6) is 0 Å². The van der Waals surface area contributed by atoms with E-state index in [0.29, 0.717) is 36.0 Å². The number of alkyl halides is 1. The fourth-order valence-corrected chi connectivity index (χ4v) is 3.04. The number of aryl methyl sites for hydroxylation is 1. The van der Waals surface area contributed by atoms with E-state index in [0.717, 1.165) is 10.4 Å². The minimum Gasteiger partial charge on any atom is -0.462 e. The minimum absolute atomic E-state index is 0.300.